The molecule has 0 amide bonds. The molecule has 0 saturated carbocycles. The third-order valence-corrected chi connectivity index (χ3v) is 3.33. The SMILES string of the molecule is CC(C)CN(C)c1cc(-c2ccccc2)nc2ncnn12. The summed E-state index contributed by atoms with van der Waals surface area (Å²) in [5.74, 6) is 2.20. The van der Waals surface area contributed by atoms with Crippen LogP contribution in [0.25, 0.3) is 17.0 Å². The van der Waals surface area contributed by atoms with Crippen molar-refractivity contribution in [2.45, 2.75) is 13.8 Å². The maximum atomic E-state index is 4.59. The topological polar surface area (TPSA) is 46.3 Å². The molecular weight excluding hydrogens is 262 g/mol. The fourth-order valence-corrected chi connectivity index (χ4v) is 2.47. The molecule has 2 aromatic heterocycles. The van der Waals surface area contributed by atoms with Crippen molar-refractivity contribution in [2.75, 3.05) is 18.5 Å². The van der Waals surface area contributed by atoms with E-state index < -0.39 is 0 Å². The lowest BCUT2D eigenvalue weighted by Crippen LogP contribution is -2.25. The Bertz CT molecular complexity index is 733. The van der Waals surface area contributed by atoms with Crippen LogP contribution < -0.4 is 4.90 Å². The Morgan fingerprint density at radius 3 is 2.67 bits per heavy atom. The lowest BCUT2D eigenvalue weighted by Gasteiger charge is -2.22. The Labute approximate surface area is 124 Å². The second kappa shape index (κ2) is 5.52. The minimum atomic E-state index is 0.571. The summed E-state index contributed by atoms with van der Waals surface area (Å²) in [4.78, 5) is 11.0. The van der Waals surface area contributed by atoms with Crippen molar-refractivity contribution in [1.82, 2.24) is 19.6 Å². The highest BCUT2D eigenvalue weighted by Gasteiger charge is 2.13. The first-order valence-electron chi connectivity index (χ1n) is 7.12. The first kappa shape index (κ1) is 13.5. The predicted octanol–water partition coefficient (Wildman–Crippen LogP) is 2.88. The van der Waals surface area contributed by atoms with Gasteiger partial charge in [0.05, 0.1) is 5.69 Å². The van der Waals surface area contributed by atoms with Crippen molar-refractivity contribution in [2.24, 2.45) is 5.92 Å². The second-order valence-corrected chi connectivity index (χ2v) is 5.61. The molecule has 0 spiro atoms. The van der Waals surface area contributed by atoms with Crippen LogP contribution in [0.3, 0.4) is 0 Å². The highest BCUT2D eigenvalue weighted by Crippen LogP contribution is 2.23. The normalized spacial score (nSPS) is 11.2. The van der Waals surface area contributed by atoms with Crippen LogP contribution in [0.15, 0.2) is 42.7 Å². The highest BCUT2D eigenvalue weighted by atomic mass is 15.4. The van der Waals surface area contributed by atoms with Gasteiger partial charge in [-0.3, -0.25) is 0 Å². The summed E-state index contributed by atoms with van der Waals surface area (Å²) in [5.41, 5.74) is 2.00. The fraction of sp³-hybridized carbons (Fsp3) is 0.312. The molecule has 0 aliphatic rings. The Hall–Kier alpha value is -2.43. The van der Waals surface area contributed by atoms with Crippen LogP contribution >= 0.6 is 0 Å². The Morgan fingerprint density at radius 1 is 1.19 bits per heavy atom. The van der Waals surface area contributed by atoms with Gasteiger partial charge in [-0.2, -0.15) is 14.6 Å². The molecule has 0 radical (unpaired) electrons. The molecule has 0 bridgehead atoms. The van der Waals surface area contributed by atoms with Gasteiger partial charge in [0.1, 0.15) is 12.1 Å². The molecule has 21 heavy (non-hydrogen) atoms. The van der Waals surface area contributed by atoms with Crippen molar-refractivity contribution in [3.05, 3.63) is 42.7 Å². The van der Waals surface area contributed by atoms with E-state index in [0.29, 0.717) is 11.7 Å². The number of fused-ring (bicyclic) bond motifs is 1. The quantitative estimate of drug-likeness (QED) is 0.737. The largest absolute Gasteiger partial charge is 0.359 e. The van der Waals surface area contributed by atoms with Crippen LogP contribution in [0, 0.1) is 5.92 Å². The van der Waals surface area contributed by atoms with Crippen LogP contribution in [0.1, 0.15) is 13.8 Å². The zero-order valence-electron chi connectivity index (χ0n) is 12.6. The summed E-state index contributed by atoms with van der Waals surface area (Å²) >= 11 is 0. The van der Waals surface area contributed by atoms with Crippen molar-refractivity contribution < 1.29 is 0 Å². The molecule has 0 saturated heterocycles. The van der Waals surface area contributed by atoms with E-state index in [2.05, 4.69) is 59.1 Å². The molecule has 108 valence electrons. The zero-order chi connectivity index (χ0) is 14.8. The highest BCUT2D eigenvalue weighted by molar-refractivity contribution is 5.65. The average Bonchev–Trinajstić information content (AvgIpc) is 2.94. The first-order valence-corrected chi connectivity index (χ1v) is 7.12. The molecule has 0 unspecified atom stereocenters. The van der Waals surface area contributed by atoms with Gasteiger partial charge >= 0.3 is 0 Å². The Kier molecular flexibility index (Phi) is 3.56. The second-order valence-electron chi connectivity index (χ2n) is 5.61. The van der Waals surface area contributed by atoms with E-state index in [4.69, 9.17) is 0 Å². The summed E-state index contributed by atoms with van der Waals surface area (Å²) < 4.78 is 1.79. The lowest BCUT2D eigenvalue weighted by atomic mass is 10.1. The fourth-order valence-electron chi connectivity index (χ4n) is 2.47. The van der Waals surface area contributed by atoms with Crippen LogP contribution in [-0.2, 0) is 0 Å². The molecule has 0 atom stereocenters. The molecule has 3 aromatic rings. The number of aromatic nitrogens is 4. The summed E-state index contributed by atoms with van der Waals surface area (Å²) in [5, 5.41) is 4.28. The number of hydrogen-bond donors (Lipinski definition) is 0. The van der Waals surface area contributed by atoms with Crippen molar-refractivity contribution >= 4 is 11.6 Å². The zero-order valence-corrected chi connectivity index (χ0v) is 12.6. The minimum Gasteiger partial charge on any atom is -0.359 e. The van der Waals surface area contributed by atoms with Gasteiger partial charge in [-0.05, 0) is 5.92 Å². The smallest absolute Gasteiger partial charge is 0.254 e. The van der Waals surface area contributed by atoms with E-state index in [1.54, 1.807) is 10.8 Å². The third kappa shape index (κ3) is 2.72. The molecule has 0 aliphatic heterocycles. The minimum absolute atomic E-state index is 0.571. The predicted molar refractivity (Wildman–Crippen MR) is 84.3 cm³/mol. The van der Waals surface area contributed by atoms with Gasteiger partial charge in [0.2, 0.25) is 0 Å². The van der Waals surface area contributed by atoms with Crippen LogP contribution in [-0.4, -0.2) is 33.2 Å². The number of rotatable bonds is 4. The molecule has 0 fully saturated rings. The van der Waals surface area contributed by atoms with Gasteiger partial charge in [-0.15, -0.1) is 0 Å². The van der Waals surface area contributed by atoms with Crippen molar-refractivity contribution in [1.29, 1.82) is 0 Å². The van der Waals surface area contributed by atoms with Crippen LogP contribution in [0.2, 0.25) is 0 Å². The maximum absolute atomic E-state index is 4.59. The van der Waals surface area contributed by atoms with E-state index in [1.807, 2.05) is 18.2 Å². The van der Waals surface area contributed by atoms with E-state index in [0.717, 1.165) is 23.6 Å². The van der Waals surface area contributed by atoms with Gasteiger partial charge in [-0.25, -0.2) is 4.98 Å². The molecule has 5 nitrogen and oxygen atoms in total. The number of anilines is 1. The number of nitrogens with zero attached hydrogens (tertiary/aromatic N) is 5. The molecule has 0 aliphatic carbocycles. The Balaban J connectivity index is 2.12. The van der Waals surface area contributed by atoms with Gasteiger partial charge in [0.25, 0.3) is 5.78 Å². The van der Waals surface area contributed by atoms with E-state index >= 15 is 0 Å². The molecule has 0 N–H and O–H groups in total. The number of hydrogen-bond acceptors (Lipinski definition) is 4. The summed E-state index contributed by atoms with van der Waals surface area (Å²) in [6, 6.07) is 12.2. The van der Waals surface area contributed by atoms with Gasteiger partial charge in [-0.1, -0.05) is 44.2 Å². The van der Waals surface area contributed by atoms with E-state index in [9.17, 15) is 0 Å². The average molecular weight is 281 g/mol. The number of benzene rings is 1. The monoisotopic (exact) mass is 281 g/mol. The standard InChI is InChI=1S/C16H19N5/c1-12(2)10-20(3)15-9-14(13-7-5-4-6-8-13)19-16-17-11-18-21(15)16/h4-9,11-12H,10H2,1-3H3. The van der Waals surface area contributed by atoms with Gasteiger partial charge in [0.15, 0.2) is 0 Å². The van der Waals surface area contributed by atoms with Crippen LogP contribution in [0.4, 0.5) is 5.82 Å². The van der Waals surface area contributed by atoms with Gasteiger partial charge < -0.3 is 4.90 Å². The van der Waals surface area contributed by atoms with E-state index in [-0.39, 0.29) is 0 Å². The Morgan fingerprint density at radius 2 is 1.95 bits per heavy atom. The first-order chi connectivity index (χ1) is 10.1. The van der Waals surface area contributed by atoms with E-state index in [1.165, 1.54) is 0 Å². The molecule has 2 heterocycles. The molecule has 3 rings (SSSR count). The summed E-state index contributed by atoms with van der Waals surface area (Å²) in [7, 11) is 2.07. The van der Waals surface area contributed by atoms with Crippen molar-refractivity contribution in [3.8, 4) is 11.3 Å². The van der Waals surface area contributed by atoms with Crippen molar-refractivity contribution in [3.63, 3.8) is 0 Å². The summed E-state index contributed by atoms with van der Waals surface area (Å²) in [6.45, 7) is 5.36. The molecule has 5 heteroatoms. The molecular formula is C16H19N5. The maximum Gasteiger partial charge on any atom is 0.254 e. The lowest BCUT2D eigenvalue weighted by molar-refractivity contribution is 0.629. The molecule has 1 aromatic carbocycles. The van der Waals surface area contributed by atoms with Gasteiger partial charge in [0, 0.05) is 25.2 Å². The van der Waals surface area contributed by atoms with Crippen LogP contribution in [0.5, 0.6) is 0 Å². The summed E-state index contributed by atoms with van der Waals surface area (Å²) in [6.07, 6.45) is 1.55. The third-order valence-electron chi connectivity index (χ3n) is 3.33.